The second kappa shape index (κ2) is 8.12. The first-order valence-electron chi connectivity index (χ1n) is 7.79. The van der Waals surface area contributed by atoms with E-state index in [-0.39, 0.29) is 5.91 Å². The molecule has 25 heavy (non-hydrogen) atoms. The Balaban J connectivity index is 1.63. The van der Waals surface area contributed by atoms with Crippen molar-refractivity contribution in [1.29, 1.82) is 0 Å². The molecule has 132 valence electrons. The summed E-state index contributed by atoms with van der Waals surface area (Å²) in [6.45, 7) is 3.09. The molecule has 3 heterocycles. The molecular formula is C17H18ClN3O2S2. The van der Waals surface area contributed by atoms with Crippen molar-refractivity contribution in [3.63, 3.8) is 0 Å². The van der Waals surface area contributed by atoms with Crippen LogP contribution in [-0.4, -0.2) is 26.9 Å². The molecule has 0 N–H and O–H groups in total. The van der Waals surface area contributed by atoms with E-state index in [9.17, 15) is 4.79 Å². The fourth-order valence-corrected chi connectivity index (χ4v) is 4.23. The molecule has 3 aromatic heterocycles. The summed E-state index contributed by atoms with van der Waals surface area (Å²) < 4.78 is 8.41. The molecule has 0 bridgehead atoms. The van der Waals surface area contributed by atoms with Crippen LogP contribution in [0.1, 0.15) is 28.1 Å². The van der Waals surface area contributed by atoms with Gasteiger partial charge in [0, 0.05) is 30.9 Å². The number of amides is 1. The highest BCUT2D eigenvalue weighted by molar-refractivity contribution is 7.98. The highest BCUT2D eigenvalue weighted by Crippen LogP contribution is 2.25. The van der Waals surface area contributed by atoms with Gasteiger partial charge in [0.2, 0.25) is 0 Å². The number of furan rings is 1. The average molecular weight is 396 g/mol. The fraction of sp³-hybridized carbons (Fsp3) is 0.294. The second-order valence-electron chi connectivity index (χ2n) is 5.40. The summed E-state index contributed by atoms with van der Waals surface area (Å²) in [6, 6.07) is 7.37. The molecule has 3 rings (SSSR count). The Hall–Kier alpha value is -1.70. The van der Waals surface area contributed by atoms with E-state index < -0.39 is 0 Å². The van der Waals surface area contributed by atoms with Crippen LogP contribution >= 0.6 is 34.7 Å². The average Bonchev–Trinajstić information content (AvgIpc) is 3.32. The molecule has 5 nitrogen and oxygen atoms in total. The zero-order chi connectivity index (χ0) is 17.8. The zero-order valence-corrected chi connectivity index (χ0v) is 16.3. The summed E-state index contributed by atoms with van der Waals surface area (Å²) in [5.41, 5.74) is 0. The molecule has 0 saturated carbocycles. The summed E-state index contributed by atoms with van der Waals surface area (Å²) in [5, 5.41) is 0.911. The van der Waals surface area contributed by atoms with Crippen molar-refractivity contribution in [3.8, 4) is 0 Å². The van der Waals surface area contributed by atoms with Crippen molar-refractivity contribution in [1.82, 2.24) is 14.5 Å². The predicted octanol–water partition coefficient (Wildman–Crippen LogP) is 4.68. The van der Waals surface area contributed by atoms with Gasteiger partial charge in [0.05, 0.1) is 16.6 Å². The number of aryl methyl sites for hydroxylation is 1. The predicted molar refractivity (Wildman–Crippen MR) is 101 cm³/mol. The number of carbonyl (C=O) groups excluding carboxylic acids is 1. The normalized spacial score (nSPS) is 11.0. The second-order valence-corrected chi connectivity index (χ2v) is 8.14. The third kappa shape index (κ3) is 4.48. The van der Waals surface area contributed by atoms with Crippen LogP contribution in [0.5, 0.6) is 0 Å². The van der Waals surface area contributed by atoms with Crippen LogP contribution < -0.4 is 0 Å². The molecule has 1 amide bonds. The van der Waals surface area contributed by atoms with Crippen molar-refractivity contribution in [3.05, 3.63) is 57.4 Å². The molecule has 0 atom stereocenters. The van der Waals surface area contributed by atoms with Crippen molar-refractivity contribution < 1.29 is 9.21 Å². The van der Waals surface area contributed by atoms with Crippen molar-refractivity contribution in [2.24, 2.45) is 7.05 Å². The van der Waals surface area contributed by atoms with Gasteiger partial charge in [-0.1, -0.05) is 23.4 Å². The Morgan fingerprint density at radius 3 is 2.88 bits per heavy atom. The lowest BCUT2D eigenvalue weighted by molar-refractivity contribution is 0.0720. The van der Waals surface area contributed by atoms with Gasteiger partial charge in [0.1, 0.15) is 5.76 Å². The van der Waals surface area contributed by atoms with Crippen LogP contribution in [0.2, 0.25) is 4.34 Å². The Labute approximate surface area is 159 Å². The number of hydrogen-bond donors (Lipinski definition) is 0. The van der Waals surface area contributed by atoms with E-state index in [0.29, 0.717) is 24.6 Å². The van der Waals surface area contributed by atoms with Crippen molar-refractivity contribution in [2.45, 2.75) is 24.4 Å². The van der Waals surface area contributed by atoms with Gasteiger partial charge >= 0.3 is 0 Å². The van der Waals surface area contributed by atoms with Crippen LogP contribution in [-0.2, 0) is 19.3 Å². The van der Waals surface area contributed by atoms with E-state index in [2.05, 4.69) is 4.98 Å². The van der Waals surface area contributed by atoms with Crippen molar-refractivity contribution in [2.75, 3.05) is 6.54 Å². The minimum atomic E-state index is -0.111. The first kappa shape index (κ1) is 18.1. The minimum Gasteiger partial charge on any atom is -0.455 e. The van der Waals surface area contributed by atoms with E-state index in [1.165, 1.54) is 11.3 Å². The first-order valence-corrected chi connectivity index (χ1v) is 9.97. The van der Waals surface area contributed by atoms with Gasteiger partial charge in [-0.05, 0) is 31.2 Å². The third-order valence-electron chi connectivity index (χ3n) is 3.64. The maximum absolute atomic E-state index is 12.7. The molecule has 0 spiro atoms. The molecule has 8 heteroatoms. The lowest BCUT2D eigenvalue weighted by Crippen LogP contribution is -2.29. The van der Waals surface area contributed by atoms with Gasteiger partial charge in [0.25, 0.3) is 5.91 Å². The molecule has 0 aliphatic heterocycles. The van der Waals surface area contributed by atoms with Gasteiger partial charge in [-0.2, -0.15) is 0 Å². The van der Waals surface area contributed by atoms with Crippen molar-refractivity contribution >= 4 is 40.6 Å². The summed E-state index contributed by atoms with van der Waals surface area (Å²) in [6.07, 6.45) is 3.66. The van der Waals surface area contributed by atoms with Crippen LogP contribution in [0.3, 0.4) is 0 Å². The highest BCUT2D eigenvalue weighted by Gasteiger charge is 2.19. The quantitative estimate of drug-likeness (QED) is 0.545. The lowest BCUT2D eigenvalue weighted by atomic mass is 10.3. The number of aromatic nitrogens is 2. The van der Waals surface area contributed by atoms with E-state index in [1.807, 2.05) is 42.9 Å². The highest BCUT2D eigenvalue weighted by atomic mass is 35.5. The number of thioether (sulfide) groups is 1. The van der Waals surface area contributed by atoms with Crippen LogP contribution in [0.25, 0.3) is 0 Å². The topological polar surface area (TPSA) is 51.3 Å². The molecule has 0 radical (unpaired) electrons. The Morgan fingerprint density at radius 1 is 1.40 bits per heavy atom. The molecule has 0 aromatic carbocycles. The van der Waals surface area contributed by atoms with E-state index in [4.69, 9.17) is 16.0 Å². The van der Waals surface area contributed by atoms with E-state index in [0.717, 1.165) is 20.1 Å². The summed E-state index contributed by atoms with van der Waals surface area (Å²) >= 11 is 9.02. The van der Waals surface area contributed by atoms with Crippen LogP contribution in [0.15, 0.2) is 46.2 Å². The lowest BCUT2D eigenvalue weighted by Gasteiger charge is -2.18. The van der Waals surface area contributed by atoms with E-state index in [1.54, 1.807) is 28.9 Å². The van der Waals surface area contributed by atoms with Gasteiger partial charge in [0.15, 0.2) is 10.9 Å². The maximum Gasteiger partial charge on any atom is 0.289 e. The minimum absolute atomic E-state index is 0.111. The standard InChI is InChI=1S/C17H18ClN3O2S2/c1-3-21(10-13-5-7-15(18)25-13)16(22)14-6-4-12(23-14)11-24-17-19-8-9-20(17)2/h4-9H,3,10-11H2,1-2H3. The molecule has 0 aliphatic rings. The van der Waals surface area contributed by atoms with Gasteiger partial charge in [-0.3, -0.25) is 4.79 Å². The zero-order valence-electron chi connectivity index (χ0n) is 13.9. The molecule has 0 unspecified atom stereocenters. The summed E-state index contributed by atoms with van der Waals surface area (Å²) in [7, 11) is 1.95. The fourth-order valence-electron chi connectivity index (χ4n) is 2.31. The number of thiophene rings is 1. The third-order valence-corrected chi connectivity index (χ3v) is 5.93. The number of rotatable bonds is 7. The maximum atomic E-state index is 12.7. The van der Waals surface area contributed by atoms with Crippen LogP contribution in [0.4, 0.5) is 0 Å². The molecule has 3 aromatic rings. The number of nitrogens with zero attached hydrogens (tertiary/aromatic N) is 3. The van der Waals surface area contributed by atoms with Crippen LogP contribution in [0, 0.1) is 0 Å². The molecule has 0 saturated heterocycles. The van der Waals surface area contributed by atoms with Gasteiger partial charge < -0.3 is 13.9 Å². The van der Waals surface area contributed by atoms with Gasteiger partial charge in [-0.25, -0.2) is 4.98 Å². The Morgan fingerprint density at radius 2 is 2.24 bits per heavy atom. The number of imidazole rings is 1. The first-order chi connectivity index (χ1) is 12.1. The van der Waals surface area contributed by atoms with E-state index >= 15 is 0 Å². The summed E-state index contributed by atoms with van der Waals surface area (Å²) in [4.78, 5) is 19.7. The number of hydrogen-bond acceptors (Lipinski definition) is 5. The number of carbonyl (C=O) groups is 1. The van der Waals surface area contributed by atoms with Gasteiger partial charge in [-0.15, -0.1) is 11.3 Å². The summed E-state index contributed by atoms with van der Waals surface area (Å²) in [5.74, 6) is 1.64. The molecule has 0 fully saturated rings. The smallest absolute Gasteiger partial charge is 0.289 e. The largest absolute Gasteiger partial charge is 0.455 e. The molecule has 0 aliphatic carbocycles. The molecular weight excluding hydrogens is 378 g/mol. The Kier molecular flexibility index (Phi) is 5.88. The monoisotopic (exact) mass is 395 g/mol. The SMILES string of the molecule is CCN(Cc1ccc(Cl)s1)C(=O)c1ccc(CSc2nccn2C)o1. The Bertz CT molecular complexity index is 856. The number of halogens is 1.